The van der Waals surface area contributed by atoms with Crippen LogP contribution in [0.3, 0.4) is 0 Å². The van der Waals surface area contributed by atoms with Crippen LogP contribution in [-0.4, -0.2) is 47.9 Å². The molecule has 0 radical (unpaired) electrons. The van der Waals surface area contributed by atoms with E-state index in [0.29, 0.717) is 51.5 Å². The number of nitrogens with zero attached hydrogens (tertiary/aromatic N) is 3. The third kappa shape index (κ3) is 5.77. The topological polar surface area (TPSA) is 65.5 Å². The summed E-state index contributed by atoms with van der Waals surface area (Å²) in [7, 11) is 0. The molecule has 1 fully saturated rings. The van der Waals surface area contributed by atoms with Gasteiger partial charge in [-0.3, -0.25) is 9.59 Å². The highest BCUT2D eigenvalue weighted by molar-refractivity contribution is 6.36. The van der Waals surface area contributed by atoms with Gasteiger partial charge in [-0.2, -0.15) is 0 Å². The van der Waals surface area contributed by atoms with Gasteiger partial charge in [-0.25, -0.2) is 4.98 Å². The van der Waals surface area contributed by atoms with Gasteiger partial charge < -0.3 is 15.1 Å². The summed E-state index contributed by atoms with van der Waals surface area (Å²) in [5.74, 6) is 0.455. The van der Waals surface area contributed by atoms with Crippen molar-refractivity contribution in [1.29, 1.82) is 0 Å². The monoisotopic (exact) mass is 502 g/mol. The van der Waals surface area contributed by atoms with Gasteiger partial charge in [-0.1, -0.05) is 34.8 Å². The number of amides is 2. The number of rotatable bonds is 4. The van der Waals surface area contributed by atoms with Crippen LogP contribution < -0.4 is 10.2 Å². The molecule has 9 heteroatoms. The molecule has 1 N–H and O–H groups in total. The minimum atomic E-state index is -0.231. The van der Waals surface area contributed by atoms with Crippen molar-refractivity contribution in [3.8, 4) is 0 Å². The molecule has 2 aromatic carbocycles. The zero-order valence-electron chi connectivity index (χ0n) is 17.6. The second-order valence-electron chi connectivity index (χ2n) is 7.62. The molecule has 0 atom stereocenters. The van der Waals surface area contributed by atoms with Gasteiger partial charge in [0.05, 0.1) is 22.5 Å². The van der Waals surface area contributed by atoms with E-state index < -0.39 is 0 Å². The molecule has 2 amide bonds. The van der Waals surface area contributed by atoms with Crippen LogP contribution in [0.2, 0.25) is 15.1 Å². The fourth-order valence-corrected chi connectivity index (χ4v) is 4.25. The van der Waals surface area contributed by atoms with Crippen molar-refractivity contribution in [3.63, 3.8) is 0 Å². The summed E-state index contributed by atoms with van der Waals surface area (Å²) in [5, 5.41) is 4.26. The van der Waals surface area contributed by atoms with Gasteiger partial charge in [0.25, 0.3) is 11.8 Å². The molecule has 1 aromatic heterocycles. The molecule has 0 aliphatic carbocycles. The Kier molecular flexibility index (Phi) is 7.38. The van der Waals surface area contributed by atoms with Gasteiger partial charge in [0, 0.05) is 41.8 Å². The highest BCUT2D eigenvalue weighted by atomic mass is 35.5. The predicted octanol–water partition coefficient (Wildman–Crippen LogP) is 5.65. The van der Waals surface area contributed by atoms with Crippen LogP contribution in [-0.2, 0) is 0 Å². The number of carbonyl (C=O) groups is 2. The lowest BCUT2D eigenvalue weighted by molar-refractivity contribution is 0.0767. The molecule has 0 unspecified atom stereocenters. The fourth-order valence-electron chi connectivity index (χ4n) is 3.63. The summed E-state index contributed by atoms with van der Waals surface area (Å²) in [6.45, 7) is 2.58. The number of benzene rings is 2. The summed E-state index contributed by atoms with van der Waals surface area (Å²) >= 11 is 18.0. The van der Waals surface area contributed by atoms with E-state index >= 15 is 0 Å². The van der Waals surface area contributed by atoms with Crippen LogP contribution in [0.25, 0.3) is 0 Å². The van der Waals surface area contributed by atoms with E-state index in [1.165, 1.54) is 0 Å². The number of carbonyl (C=O) groups excluding carboxylic acids is 2. The van der Waals surface area contributed by atoms with E-state index in [4.69, 9.17) is 34.8 Å². The standard InChI is InChI=1S/C24H21Cl3N4O2/c25-17-4-2-16(3-5-17)23(32)29-19-7-9-22(28-15-19)30-10-1-11-31(13-12-30)24(33)20-8-6-18(26)14-21(20)27/h2-9,14-15H,1,10-13H2,(H,29,32). The molecule has 1 aliphatic heterocycles. The first-order valence-corrected chi connectivity index (χ1v) is 11.6. The Hall–Kier alpha value is -2.80. The number of anilines is 2. The minimum Gasteiger partial charge on any atom is -0.355 e. The maximum atomic E-state index is 12.9. The summed E-state index contributed by atoms with van der Waals surface area (Å²) in [6, 6.07) is 15.3. The Balaban J connectivity index is 1.37. The molecular formula is C24H21Cl3N4O2. The number of pyridine rings is 1. The van der Waals surface area contributed by atoms with E-state index in [-0.39, 0.29) is 11.8 Å². The Bertz CT molecular complexity index is 1150. The Labute approximate surface area is 207 Å². The maximum Gasteiger partial charge on any atom is 0.255 e. The molecule has 3 aromatic rings. The third-order valence-electron chi connectivity index (χ3n) is 5.38. The van der Waals surface area contributed by atoms with Crippen molar-refractivity contribution >= 4 is 58.1 Å². The van der Waals surface area contributed by atoms with Gasteiger partial charge in [0.2, 0.25) is 0 Å². The van der Waals surface area contributed by atoms with Gasteiger partial charge in [-0.15, -0.1) is 0 Å². The number of halogens is 3. The third-order valence-corrected chi connectivity index (χ3v) is 6.18. The highest BCUT2D eigenvalue weighted by Gasteiger charge is 2.22. The lowest BCUT2D eigenvalue weighted by Crippen LogP contribution is -2.35. The van der Waals surface area contributed by atoms with Gasteiger partial charge in [0.15, 0.2) is 0 Å². The number of aromatic nitrogens is 1. The second-order valence-corrected chi connectivity index (χ2v) is 8.90. The van der Waals surface area contributed by atoms with Crippen molar-refractivity contribution in [2.24, 2.45) is 0 Å². The number of nitrogens with one attached hydrogen (secondary N) is 1. The Morgan fingerprint density at radius 3 is 2.30 bits per heavy atom. The lowest BCUT2D eigenvalue weighted by atomic mass is 10.2. The minimum absolute atomic E-state index is 0.105. The molecular weight excluding hydrogens is 483 g/mol. The van der Waals surface area contributed by atoms with Gasteiger partial charge in [0.1, 0.15) is 5.82 Å². The average Bonchev–Trinajstić information content (AvgIpc) is 3.06. The average molecular weight is 504 g/mol. The first-order chi connectivity index (χ1) is 15.9. The number of hydrogen-bond donors (Lipinski definition) is 1. The number of hydrogen-bond acceptors (Lipinski definition) is 4. The zero-order chi connectivity index (χ0) is 23.4. The smallest absolute Gasteiger partial charge is 0.255 e. The molecule has 0 spiro atoms. The lowest BCUT2D eigenvalue weighted by Gasteiger charge is -2.23. The molecule has 1 aliphatic rings. The van der Waals surface area contributed by atoms with E-state index in [1.807, 2.05) is 12.1 Å². The van der Waals surface area contributed by atoms with E-state index in [0.717, 1.165) is 18.8 Å². The van der Waals surface area contributed by atoms with E-state index in [9.17, 15) is 9.59 Å². The van der Waals surface area contributed by atoms with Crippen LogP contribution >= 0.6 is 34.8 Å². The van der Waals surface area contributed by atoms with Gasteiger partial charge in [-0.05, 0) is 61.0 Å². The quantitative estimate of drug-likeness (QED) is 0.500. The molecule has 0 bridgehead atoms. The second kappa shape index (κ2) is 10.4. The van der Waals surface area contributed by atoms with Crippen LogP contribution in [0, 0.1) is 0 Å². The van der Waals surface area contributed by atoms with Crippen molar-refractivity contribution in [3.05, 3.63) is 87.0 Å². The van der Waals surface area contributed by atoms with Crippen molar-refractivity contribution in [1.82, 2.24) is 9.88 Å². The van der Waals surface area contributed by atoms with Crippen LogP contribution in [0.4, 0.5) is 11.5 Å². The van der Waals surface area contributed by atoms with Crippen molar-refractivity contribution < 1.29 is 9.59 Å². The molecule has 170 valence electrons. The van der Waals surface area contributed by atoms with E-state index in [2.05, 4.69) is 15.2 Å². The summed E-state index contributed by atoms with van der Waals surface area (Å²) < 4.78 is 0. The molecule has 0 saturated carbocycles. The van der Waals surface area contributed by atoms with Crippen LogP contribution in [0.1, 0.15) is 27.1 Å². The molecule has 2 heterocycles. The highest BCUT2D eigenvalue weighted by Crippen LogP contribution is 2.24. The Morgan fingerprint density at radius 2 is 1.61 bits per heavy atom. The molecule has 4 rings (SSSR count). The molecule has 6 nitrogen and oxygen atoms in total. The predicted molar refractivity (Wildman–Crippen MR) is 133 cm³/mol. The molecule has 33 heavy (non-hydrogen) atoms. The van der Waals surface area contributed by atoms with Crippen LogP contribution in [0.5, 0.6) is 0 Å². The normalized spacial score (nSPS) is 14.0. The maximum absolute atomic E-state index is 12.9. The summed E-state index contributed by atoms with van der Waals surface area (Å²) in [4.78, 5) is 33.7. The largest absolute Gasteiger partial charge is 0.355 e. The van der Waals surface area contributed by atoms with Crippen LogP contribution in [0.15, 0.2) is 60.8 Å². The zero-order valence-corrected chi connectivity index (χ0v) is 19.9. The summed E-state index contributed by atoms with van der Waals surface area (Å²) in [6.07, 6.45) is 2.43. The van der Waals surface area contributed by atoms with Crippen molar-refractivity contribution in [2.45, 2.75) is 6.42 Å². The van der Waals surface area contributed by atoms with E-state index in [1.54, 1.807) is 53.6 Å². The first-order valence-electron chi connectivity index (χ1n) is 10.4. The SMILES string of the molecule is O=C(Nc1ccc(N2CCCN(C(=O)c3ccc(Cl)cc3Cl)CC2)nc1)c1ccc(Cl)cc1. The summed E-state index contributed by atoms with van der Waals surface area (Å²) in [5.41, 5.74) is 1.57. The first kappa shape index (κ1) is 23.4. The molecule has 1 saturated heterocycles. The Morgan fingerprint density at radius 1 is 0.848 bits per heavy atom. The van der Waals surface area contributed by atoms with Gasteiger partial charge >= 0.3 is 0 Å². The fraction of sp³-hybridized carbons (Fsp3) is 0.208. The van der Waals surface area contributed by atoms with Crippen molar-refractivity contribution in [2.75, 3.05) is 36.4 Å².